The molecule has 1 aliphatic heterocycles. The van der Waals surface area contributed by atoms with Crippen LogP contribution in [0.1, 0.15) is 12.1 Å². The number of hydrogen-bond donors (Lipinski definition) is 1. The fourth-order valence-corrected chi connectivity index (χ4v) is 3.05. The Morgan fingerprint density at radius 3 is 2.89 bits per heavy atom. The van der Waals surface area contributed by atoms with Gasteiger partial charge >= 0.3 is 0 Å². The van der Waals surface area contributed by atoms with Crippen LogP contribution >= 0.6 is 0 Å². The van der Waals surface area contributed by atoms with Crippen molar-refractivity contribution < 1.29 is 13.2 Å². The minimum Gasteiger partial charge on any atom is -0.312 e. The maximum atomic E-state index is 11.9. The Morgan fingerprint density at radius 1 is 1.56 bits per heavy atom. The summed E-state index contributed by atoms with van der Waals surface area (Å²) in [5, 5.41) is 5.00. The molecule has 0 aliphatic carbocycles. The van der Waals surface area contributed by atoms with E-state index in [1.54, 1.807) is 23.2 Å². The van der Waals surface area contributed by atoms with Gasteiger partial charge in [0.05, 0.1) is 5.75 Å². The molecule has 2 heterocycles. The van der Waals surface area contributed by atoms with Crippen molar-refractivity contribution in [3.63, 3.8) is 0 Å². The molecule has 0 bridgehead atoms. The summed E-state index contributed by atoms with van der Waals surface area (Å²) in [4.78, 5) is 17.5. The van der Waals surface area contributed by atoms with Crippen LogP contribution in [0.15, 0.2) is 18.3 Å². The molecule has 1 saturated heterocycles. The van der Waals surface area contributed by atoms with Gasteiger partial charge in [-0.05, 0) is 19.1 Å². The lowest BCUT2D eigenvalue weighted by Gasteiger charge is -2.16. The van der Waals surface area contributed by atoms with E-state index < -0.39 is 10.0 Å². The van der Waals surface area contributed by atoms with E-state index in [2.05, 4.69) is 4.98 Å². The molecule has 2 N–H and O–H groups in total. The first-order chi connectivity index (χ1) is 8.35. The van der Waals surface area contributed by atoms with Crippen molar-refractivity contribution in [3.8, 4) is 0 Å². The summed E-state index contributed by atoms with van der Waals surface area (Å²) in [5.74, 6) is -0.463. The molecular formula is C11H15N3O3S. The van der Waals surface area contributed by atoms with Gasteiger partial charge in [0.2, 0.25) is 15.9 Å². The summed E-state index contributed by atoms with van der Waals surface area (Å²) >= 11 is 0. The molecule has 1 atom stereocenters. The van der Waals surface area contributed by atoms with E-state index in [1.807, 2.05) is 6.92 Å². The van der Waals surface area contributed by atoms with Gasteiger partial charge < -0.3 is 4.90 Å². The lowest BCUT2D eigenvalue weighted by Crippen LogP contribution is -2.27. The van der Waals surface area contributed by atoms with Crippen LogP contribution in [-0.4, -0.2) is 31.6 Å². The van der Waals surface area contributed by atoms with Crippen LogP contribution < -0.4 is 10.0 Å². The molecule has 1 fully saturated rings. The number of pyridine rings is 1. The average Bonchev–Trinajstić information content (AvgIpc) is 2.56. The third kappa shape index (κ3) is 3.05. The molecule has 6 nitrogen and oxygen atoms in total. The van der Waals surface area contributed by atoms with Crippen molar-refractivity contribution in [1.82, 2.24) is 4.98 Å². The topological polar surface area (TPSA) is 93.4 Å². The smallest absolute Gasteiger partial charge is 0.227 e. The molecule has 1 aromatic rings. The van der Waals surface area contributed by atoms with Gasteiger partial charge in [-0.1, -0.05) is 0 Å². The Hall–Kier alpha value is -1.47. The van der Waals surface area contributed by atoms with Crippen LogP contribution in [0.5, 0.6) is 0 Å². The van der Waals surface area contributed by atoms with E-state index >= 15 is 0 Å². The van der Waals surface area contributed by atoms with Gasteiger partial charge in [0.25, 0.3) is 0 Å². The molecule has 0 spiro atoms. The molecule has 0 saturated carbocycles. The Kier molecular flexibility index (Phi) is 3.36. The second-order valence-corrected chi connectivity index (χ2v) is 6.22. The summed E-state index contributed by atoms with van der Waals surface area (Å²) in [7, 11) is -3.54. The maximum absolute atomic E-state index is 11.9. The van der Waals surface area contributed by atoms with Crippen molar-refractivity contribution in [2.75, 3.05) is 17.2 Å². The molecule has 98 valence electrons. The number of hydrogen-bond acceptors (Lipinski definition) is 4. The molecule has 18 heavy (non-hydrogen) atoms. The molecular weight excluding hydrogens is 254 g/mol. The quantitative estimate of drug-likeness (QED) is 0.837. The van der Waals surface area contributed by atoms with Gasteiger partial charge in [-0.25, -0.2) is 13.6 Å². The number of primary sulfonamides is 1. The summed E-state index contributed by atoms with van der Waals surface area (Å²) < 4.78 is 22.1. The fraction of sp³-hybridized carbons (Fsp3) is 0.455. The molecule has 1 aliphatic rings. The normalized spacial score (nSPS) is 20.4. The van der Waals surface area contributed by atoms with Gasteiger partial charge in [0, 0.05) is 36.5 Å². The molecule has 1 unspecified atom stereocenters. The number of carbonyl (C=O) groups is 1. The fourth-order valence-electron chi connectivity index (χ4n) is 2.17. The van der Waals surface area contributed by atoms with Crippen molar-refractivity contribution in [2.24, 2.45) is 11.1 Å². The van der Waals surface area contributed by atoms with Crippen LogP contribution in [0.2, 0.25) is 0 Å². The predicted octanol–water partition coefficient (Wildman–Crippen LogP) is 0.0314. The SMILES string of the molecule is Cc1cc(N2CC(CS(N)(=O)=O)CC2=O)ccn1. The summed E-state index contributed by atoms with van der Waals surface area (Å²) in [6.45, 7) is 2.23. The van der Waals surface area contributed by atoms with Gasteiger partial charge in [-0.15, -0.1) is 0 Å². The molecule has 7 heteroatoms. The van der Waals surface area contributed by atoms with Crippen molar-refractivity contribution in [1.29, 1.82) is 0 Å². The number of aromatic nitrogens is 1. The lowest BCUT2D eigenvalue weighted by molar-refractivity contribution is -0.117. The highest BCUT2D eigenvalue weighted by Crippen LogP contribution is 2.25. The molecule has 1 amide bonds. The maximum Gasteiger partial charge on any atom is 0.227 e. The largest absolute Gasteiger partial charge is 0.312 e. The van der Waals surface area contributed by atoms with E-state index in [-0.39, 0.29) is 24.0 Å². The van der Waals surface area contributed by atoms with Gasteiger partial charge in [0.15, 0.2) is 0 Å². The second-order valence-electron chi connectivity index (χ2n) is 4.56. The monoisotopic (exact) mass is 269 g/mol. The zero-order chi connectivity index (χ0) is 13.3. The number of sulfonamides is 1. The molecule has 1 aromatic heterocycles. The van der Waals surface area contributed by atoms with Crippen molar-refractivity contribution in [3.05, 3.63) is 24.0 Å². The van der Waals surface area contributed by atoms with Crippen LogP contribution in [-0.2, 0) is 14.8 Å². The van der Waals surface area contributed by atoms with E-state index in [0.717, 1.165) is 11.4 Å². The van der Waals surface area contributed by atoms with E-state index in [0.29, 0.717) is 6.54 Å². The third-order valence-electron chi connectivity index (χ3n) is 2.87. The zero-order valence-corrected chi connectivity index (χ0v) is 10.9. The van der Waals surface area contributed by atoms with E-state index in [9.17, 15) is 13.2 Å². The van der Waals surface area contributed by atoms with Crippen LogP contribution in [0.3, 0.4) is 0 Å². The number of anilines is 1. The summed E-state index contributed by atoms with van der Waals surface area (Å²) in [6.07, 6.45) is 1.85. The van der Waals surface area contributed by atoms with E-state index in [1.165, 1.54) is 0 Å². The molecule has 2 rings (SSSR count). The number of carbonyl (C=O) groups excluding carboxylic acids is 1. The Morgan fingerprint density at radius 2 is 2.28 bits per heavy atom. The number of nitrogens with zero attached hydrogens (tertiary/aromatic N) is 2. The standard InChI is InChI=1S/C11H15N3O3S/c1-8-4-10(2-3-13-8)14-6-9(5-11(14)15)7-18(12,16)17/h2-4,9H,5-7H2,1H3,(H2,12,16,17). The average molecular weight is 269 g/mol. The zero-order valence-electron chi connectivity index (χ0n) is 10.0. The number of nitrogens with two attached hydrogens (primary N) is 1. The Bertz CT molecular complexity index is 571. The van der Waals surface area contributed by atoms with Gasteiger partial charge in [-0.3, -0.25) is 9.78 Å². The van der Waals surface area contributed by atoms with Crippen molar-refractivity contribution in [2.45, 2.75) is 13.3 Å². The highest BCUT2D eigenvalue weighted by molar-refractivity contribution is 7.89. The first-order valence-electron chi connectivity index (χ1n) is 5.58. The predicted molar refractivity (Wildman–Crippen MR) is 67.4 cm³/mol. The highest BCUT2D eigenvalue weighted by Gasteiger charge is 2.32. The second kappa shape index (κ2) is 4.66. The van der Waals surface area contributed by atoms with Crippen LogP contribution in [0.25, 0.3) is 0 Å². The number of aryl methyl sites for hydroxylation is 1. The first-order valence-corrected chi connectivity index (χ1v) is 7.30. The van der Waals surface area contributed by atoms with Crippen LogP contribution in [0.4, 0.5) is 5.69 Å². The van der Waals surface area contributed by atoms with Gasteiger partial charge in [-0.2, -0.15) is 0 Å². The number of rotatable bonds is 3. The third-order valence-corrected chi connectivity index (χ3v) is 3.80. The minimum atomic E-state index is -3.54. The number of amides is 1. The van der Waals surface area contributed by atoms with Crippen LogP contribution in [0, 0.1) is 12.8 Å². The minimum absolute atomic E-state index is 0.0748. The Balaban J connectivity index is 2.15. The first kappa shape index (κ1) is 13.0. The molecule has 0 radical (unpaired) electrons. The summed E-state index contributed by atoms with van der Waals surface area (Å²) in [6, 6.07) is 3.54. The molecule has 0 aromatic carbocycles. The lowest BCUT2D eigenvalue weighted by atomic mass is 10.1. The van der Waals surface area contributed by atoms with E-state index in [4.69, 9.17) is 5.14 Å². The Labute approximate surface area is 106 Å². The van der Waals surface area contributed by atoms with Gasteiger partial charge in [0.1, 0.15) is 0 Å². The highest BCUT2D eigenvalue weighted by atomic mass is 32.2. The summed E-state index contributed by atoms with van der Waals surface area (Å²) in [5.41, 5.74) is 1.57. The van der Waals surface area contributed by atoms with Crippen molar-refractivity contribution >= 4 is 21.6 Å².